The van der Waals surface area contributed by atoms with Crippen molar-refractivity contribution in [2.24, 2.45) is 34.8 Å². The third-order valence-electron chi connectivity index (χ3n) is 18.0. The Morgan fingerprint density at radius 3 is 1.25 bits per heavy atom. The highest BCUT2D eigenvalue weighted by Crippen LogP contribution is 2.15. The molecule has 45 heteroatoms. The topological polar surface area (TPSA) is 714 Å². The lowest BCUT2D eigenvalue weighted by Gasteiger charge is -2.30. The second-order valence-corrected chi connectivity index (χ2v) is 28.1. The zero-order chi connectivity index (χ0) is 87.9. The van der Waals surface area contributed by atoms with Crippen LogP contribution in [0.5, 0.6) is 0 Å². The van der Waals surface area contributed by atoms with E-state index in [2.05, 4.69) is 116 Å². The Bertz CT molecular complexity index is 3670. The van der Waals surface area contributed by atoms with E-state index in [0.29, 0.717) is 36.8 Å². The first-order chi connectivity index (χ1) is 55.4. The average Bonchev–Trinajstić information content (AvgIpc) is 0.838. The van der Waals surface area contributed by atoms with E-state index in [1.54, 1.807) is 81.4 Å². The van der Waals surface area contributed by atoms with E-state index in [1.807, 2.05) is 0 Å². The summed E-state index contributed by atoms with van der Waals surface area (Å²) in [5.74, 6) is -18.5. The summed E-state index contributed by atoms with van der Waals surface area (Å²) in [4.78, 5) is 217. The fraction of sp³-hybridized carbons (Fsp3) is 0.569. The van der Waals surface area contributed by atoms with Gasteiger partial charge in [-0.1, -0.05) is 101 Å². The van der Waals surface area contributed by atoms with Crippen LogP contribution in [0.1, 0.15) is 110 Å². The molecule has 117 heavy (non-hydrogen) atoms. The van der Waals surface area contributed by atoms with Crippen LogP contribution < -0.4 is 113 Å². The summed E-state index contributed by atoms with van der Waals surface area (Å²) >= 11 is 8.41. The summed E-state index contributed by atoms with van der Waals surface area (Å²) in [6.45, 7) is 4.70. The first kappa shape index (κ1) is 102. The van der Waals surface area contributed by atoms with Crippen LogP contribution in [0.4, 0.5) is 0 Å². The van der Waals surface area contributed by atoms with Crippen molar-refractivity contribution in [2.75, 3.05) is 57.4 Å². The minimum Gasteiger partial charge on any atom is -0.481 e. The normalized spacial score (nSPS) is 14.7. The minimum absolute atomic E-state index is 0.000656. The molecule has 0 saturated carbocycles. The lowest BCUT2D eigenvalue weighted by molar-refractivity contribution is -0.142. The predicted molar refractivity (Wildman–Crippen MR) is 434 cm³/mol. The number of aliphatic hydroxyl groups excluding tert-OH is 2. The third kappa shape index (κ3) is 39.6. The maximum absolute atomic E-state index is 14.6. The Balaban J connectivity index is 2.38. The molecule has 0 aliphatic rings. The van der Waals surface area contributed by atoms with E-state index in [9.17, 15) is 86.9 Å². The summed E-state index contributed by atoms with van der Waals surface area (Å²) in [6, 6.07) is -2.27. The fourth-order valence-electron chi connectivity index (χ4n) is 10.9. The Hall–Kier alpha value is -11.5. The molecule has 43 nitrogen and oxygen atoms in total. The van der Waals surface area contributed by atoms with Crippen LogP contribution in [-0.2, 0) is 89.6 Å². The molecule has 0 aromatic heterocycles. The number of nitrogens with two attached hydrogens (primary N) is 4. The van der Waals surface area contributed by atoms with Gasteiger partial charge < -0.3 is 133 Å². The summed E-state index contributed by atoms with van der Waals surface area (Å²) in [7, 11) is 0. The van der Waals surface area contributed by atoms with Gasteiger partial charge in [0, 0.05) is 44.0 Å². The number of rotatable bonds is 56. The Kier molecular flexibility index (Phi) is 47.9. The van der Waals surface area contributed by atoms with Crippen LogP contribution in [0.2, 0.25) is 0 Å². The van der Waals surface area contributed by atoms with Gasteiger partial charge in [-0.25, -0.2) is 0 Å². The highest BCUT2D eigenvalue weighted by Gasteiger charge is 2.38. The Morgan fingerprint density at radius 2 is 0.795 bits per heavy atom. The van der Waals surface area contributed by atoms with Gasteiger partial charge in [0.05, 0.1) is 38.8 Å². The maximum atomic E-state index is 14.6. The Labute approximate surface area is 687 Å². The van der Waals surface area contributed by atoms with Crippen molar-refractivity contribution in [3.05, 3.63) is 71.8 Å². The molecule has 2 aromatic carbocycles. The number of carboxylic acids is 1. The summed E-state index contributed by atoms with van der Waals surface area (Å²) in [5, 5.41) is 93.7. The zero-order valence-electron chi connectivity index (χ0n) is 65.9. The first-order valence-corrected chi connectivity index (χ1v) is 39.1. The van der Waals surface area contributed by atoms with Crippen LogP contribution in [0.25, 0.3) is 0 Å². The van der Waals surface area contributed by atoms with Crippen molar-refractivity contribution >= 4 is 138 Å². The van der Waals surface area contributed by atoms with Gasteiger partial charge in [0.25, 0.3) is 0 Å². The number of amides is 14. The summed E-state index contributed by atoms with van der Waals surface area (Å²) < 4.78 is 0. The van der Waals surface area contributed by atoms with E-state index in [-0.39, 0.29) is 88.3 Å². The molecule has 0 aliphatic heterocycles. The van der Waals surface area contributed by atoms with Gasteiger partial charge in [0.1, 0.15) is 78.8 Å². The molecule has 0 bridgehead atoms. The van der Waals surface area contributed by atoms with Gasteiger partial charge in [-0.05, 0) is 74.8 Å². The molecule has 2 aromatic rings. The second kappa shape index (κ2) is 55.2. The van der Waals surface area contributed by atoms with Crippen LogP contribution in [0, 0.1) is 28.1 Å². The van der Waals surface area contributed by atoms with Gasteiger partial charge in [-0.15, -0.1) is 0 Å². The fourth-order valence-corrected chi connectivity index (χ4v) is 11.4. The van der Waals surface area contributed by atoms with Crippen LogP contribution in [-0.4, -0.2) is 264 Å². The van der Waals surface area contributed by atoms with Crippen molar-refractivity contribution in [3.63, 3.8) is 0 Å². The molecule has 31 N–H and O–H groups in total. The standard InChI is InChI=1S/C72H116N24O19S2/c1-6-38(3)56(95-61(107)45(23-16-26-81-71(76)77)87-54(101)32-83-53(100)31-84-60(106)47(28-41-18-10-8-11-19-41)89-58(104)40(5)85-66(112)51(36-116)93-65(111)50(35-99)92-59(105)44(73)34-98)68(114)91-49(30-55(102)103)64(110)88-46(24-17-27-82-72(78)79)62(108)96-57(39(4)7-2)69(115)94-52(37-117)67(113)90-48(29-42-20-12-9-13-21-42)63(109)86-43(33-97)22-14-15-25-80-70(74)75/h8-13,18-21,33,38-40,43-52,56-57,98-99,116-117H,6-7,14-17,22-32,34-37,73H2,1-5H3,(H,83,100)(H,84,106)(H,85,112)(H,86,109)(H,87,101)(H,88,110)(H,89,104)(H,90,113)(H,91,114)(H,92,105)(H,93,111)(H,94,115)(H,95,107)(H,96,108)(H,102,103)(H4,74,75,80)(H4,76,77,81)(H4,78,79,82)/t38-,39-,40+,43-,44-,45-,46-,47-,48-,49-,50-,51-,52-,56-,57-/m0/s1. The zero-order valence-corrected chi connectivity index (χ0v) is 67.7. The second-order valence-electron chi connectivity index (χ2n) is 27.4. The molecule has 15 atom stereocenters. The number of hydrogen-bond donors (Lipinski definition) is 29. The van der Waals surface area contributed by atoms with E-state index in [1.165, 1.54) is 13.8 Å². The summed E-state index contributed by atoms with van der Waals surface area (Å²) in [5.41, 5.74) is 22.9. The number of nitrogens with one attached hydrogen (secondary N) is 20. The number of guanidine groups is 3. The molecule has 0 heterocycles. The number of benzene rings is 2. The molecule has 0 aliphatic carbocycles. The van der Waals surface area contributed by atoms with Crippen LogP contribution in [0.15, 0.2) is 60.7 Å². The molecular weight excluding hydrogens is 1570 g/mol. The monoisotopic (exact) mass is 1680 g/mol. The highest BCUT2D eigenvalue weighted by molar-refractivity contribution is 7.80. The number of carbonyl (C=O) groups excluding carboxylic acids is 15. The van der Waals surface area contributed by atoms with Gasteiger partial charge >= 0.3 is 5.97 Å². The number of carboxylic acid groups (broad SMARTS) is 1. The quantitative estimate of drug-likeness (QED) is 0.00961. The number of hydrogen-bond acceptors (Lipinski definition) is 24. The molecule has 650 valence electrons. The SMILES string of the molecule is CC[C@H](C)[C@H](NC(=O)[C@H](CCCNC(=N)N)NC(=O)CNC(=O)CNC(=O)[C@H](Cc1ccccc1)NC(=O)[C@@H](C)NC(=O)[C@H](CS)NC(=O)[C@H](CO)NC(=O)[C@@H](N)CO)C(=O)N[C@@H](CC(=O)O)C(=O)N[C@@H](CCCNC(=N)N)C(=O)N[C@H](C(=O)N[C@@H](CS)C(=O)N[C@@H](Cc1ccccc1)C(=O)N[C@H](C=O)CCCCNC(=N)N)[C@@H](C)CC. The summed E-state index contributed by atoms with van der Waals surface area (Å²) in [6.07, 6.45) is 0.389. The lowest BCUT2D eigenvalue weighted by Crippen LogP contribution is -2.62. The van der Waals surface area contributed by atoms with Crippen molar-refractivity contribution < 1.29 is 92.0 Å². The van der Waals surface area contributed by atoms with E-state index < -0.39 is 224 Å². The molecule has 14 amide bonds. The smallest absolute Gasteiger partial charge is 0.305 e. The number of aldehydes is 1. The number of carbonyl (C=O) groups is 16. The molecule has 0 radical (unpaired) electrons. The van der Waals surface area contributed by atoms with Gasteiger partial charge in [-0.2, -0.15) is 25.3 Å². The van der Waals surface area contributed by atoms with Crippen LogP contribution >= 0.6 is 25.3 Å². The van der Waals surface area contributed by atoms with Crippen molar-refractivity contribution in [1.82, 2.24) is 90.4 Å². The molecule has 0 unspecified atom stereocenters. The van der Waals surface area contributed by atoms with E-state index in [4.69, 9.17) is 44.3 Å². The van der Waals surface area contributed by atoms with Gasteiger partial charge in [0.15, 0.2) is 17.9 Å². The van der Waals surface area contributed by atoms with Crippen molar-refractivity contribution in [3.8, 4) is 0 Å². The lowest BCUT2D eigenvalue weighted by atomic mass is 9.96. The van der Waals surface area contributed by atoms with Gasteiger partial charge in [0.2, 0.25) is 82.7 Å². The number of aliphatic carboxylic acids is 1. The van der Waals surface area contributed by atoms with E-state index in [0.717, 1.165) is 0 Å². The predicted octanol–water partition coefficient (Wildman–Crippen LogP) is -8.34. The molecule has 2 rings (SSSR count). The highest BCUT2D eigenvalue weighted by atomic mass is 32.1. The molecule has 0 fully saturated rings. The molecular formula is C72H116N24O19S2. The van der Waals surface area contributed by atoms with Crippen LogP contribution in [0.3, 0.4) is 0 Å². The van der Waals surface area contributed by atoms with Gasteiger partial charge in [-0.3, -0.25) is 88.1 Å². The molecule has 0 saturated heterocycles. The number of aliphatic hydroxyl groups is 2. The maximum Gasteiger partial charge on any atom is 0.305 e. The molecule has 0 spiro atoms. The third-order valence-corrected chi connectivity index (χ3v) is 18.8. The average molecular weight is 1690 g/mol. The first-order valence-electron chi connectivity index (χ1n) is 37.8. The minimum atomic E-state index is -1.98. The van der Waals surface area contributed by atoms with E-state index >= 15 is 0 Å². The Morgan fingerprint density at radius 1 is 0.410 bits per heavy atom. The van der Waals surface area contributed by atoms with Crippen molar-refractivity contribution in [1.29, 1.82) is 16.2 Å². The van der Waals surface area contributed by atoms with Crippen molar-refractivity contribution in [2.45, 2.75) is 190 Å². The largest absolute Gasteiger partial charge is 0.481 e. The number of unbranched alkanes of at least 4 members (excludes halogenated alkanes) is 1. The number of thiol groups is 2.